The number of pyridine rings is 1. The number of nitrogens with one attached hydrogen (secondary N) is 2. The zero-order valence-corrected chi connectivity index (χ0v) is 13.0. The molecule has 2 heterocycles. The van der Waals surface area contributed by atoms with Crippen LogP contribution in [0.15, 0.2) is 48.7 Å². The van der Waals surface area contributed by atoms with Crippen molar-refractivity contribution in [3.63, 3.8) is 0 Å². The molecular weight excluding hydrogens is 326 g/mol. The molecule has 1 saturated carbocycles. The number of halogens is 2. The number of amides is 1. The van der Waals surface area contributed by atoms with Gasteiger partial charge in [0.05, 0.1) is 5.69 Å². The summed E-state index contributed by atoms with van der Waals surface area (Å²) in [6.07, 6.45) is 2.45. The summed E-state index contributed by atoms with van der Waals surface area (Å²) in [5.74, 6) is -1.19. The molecule has 0 spiro atoms. The molecule has 0 bridgehead atoms. The van der Waals surface area contributed by atoms with Crippen LogP contribution in [0.4, 0.5) is 14.6 Å². The van der Waals surface area contributed by atoms with Crippen molar-refractivity contribution in [1.82, 2.24) is 15.2 Å². The lowest BCUT2D eigenvalue weighted by atomic mass is 10.1. The highest BCUT2D eigenvalue weighted by atomic mass is 19.1. The Kier molecular flexibility index (Phi) is 3.76. The minimum Gasteiger partial charge on any atom is -0.309 e. The second-order valence-electron chi connectivity index (χ2n) is 6.02. The van der Waals surface area contributed by atoms with E-state index >= 15 is 0 Å². The summed E-state index contributed by atoms with van der Waals surface area (Å²) in [7, 11) is 0. The molecule has 0 saturated heterocycles. The van der Waals surface area contributed by atoms with E-state index in [4.69, 9.17) is 0 Å². The van der Waals surface area contributed by atoms with E-state index < -0.39 is 11.6 Å². The Morgan fingerprint density at radius 1 is 1.16 bits per heavy atom. The Hall–Kier alpha value is -3.09. The van der Waals surface area contributed by atoms with Crippen molar-refractivity contribution >= 4 is 11.7 Å². The topological polar surface area (TPSA) is 70.7 Å². The quantitative estimate of drug-likeness (QED) is 0.764. The van der Waals surface area contributed by atoms with E-state index in [0.717, 1.165) is 18.2 Å². The number of hydrogen-bond acceptors (Lipinski definition) is 3. The first-order chi connectivity index (χ1) is 12.1. The molecule has 25 heavy (non-hydrogen) atoms. The molecule has 5 nitrogen and oxygen atoms in total. The summed E-state index contributed by atoms with van der Waals surface area (Å²) < 4.78 is 26.6. The predicted molar refractivity (Wildman–Crippen MR) is 87.7 cm³/mol. The molecular formula is C18H14F2N4O. The largest absolute Gasteiger partial charge is 0.309 e. The average molecular weight is 340 g/mol. The van der Waals surface area contributed by atoms with Crippen LogP contribution in [0, 0.1) is 17.6 Å². The number of anilines is 1. The van der Waals surface area contributed by atoms with E-state index in [1.54, 1.807) is 12.3 Å². The number of aromatic nitrogens is 3. The lowest BCUT2D eigenvalue weighted by Gasteiger charge is -2.01. The van der Waals surface area contributed by atoms with Crippen molar-refractivity contribution in [2.75, 3.05) is 5.32 Å². The fourth-order valence-corrected chi connectivity index (χ4v) is 2.87. The van der Waals surface area contributed by atoms with E-state index in [0.29, 0.717) is 17.1 Å². The number of aromatic amines is 1. The summed E-state index contributed by atoms with van der Waals surface area (Å²) in [6, 6.07) is 10.4. The molecule has 2 aromatic heterocycles. The predicted octanol–water partition coefficient (Wildman–Crippen LogP) is 3.49. The Bertz CT molecular complexity index is 906. The van der Waals surface area contributed by atoms with Gasteiger partial charge in [0.15, 0.2) is 5.82 Å². The maximum Gasteiger partial charge on any atom is 0.229 e. The molecule has 0 unspecified atom stereocenters. The van der Waals surface area contributed by atoms with E-state index in [1.165, 1.54) is 12.1 Å². The van der Waals surface area contributed by atoms with Crippen molar-refractivity contribution in [2.45, 2.75) is 12.3 Å². The van der Waals surface area contributed by atoms with Crippen molar-refractivity contribution < 1.29 is 13.6 Å². The Morgan fingerprint density at radius 3 is 2.68 bits per heavy atom. The number of carbonyl (C=O) groups is 1. The van der Waals surface area contributed by atoms with Gasteiger partial charge >= 0.3 is 0 Å². The molecule has 1 aliphatic carbocycles. The first-order valence-electron chi connectivity index (χ1n) is 7.84. The Balaban J connectivity index is 1.44. The number of H-pyrrole nitrogens is 1. The molecule has 2 N–H and O–H groups in total. The number of hydrogen-bond donors (Lipinski definition) is 2. The molecule has 1 aromatic carbocycles. The van der Waals surface area contributed by atoms with E-state index in [2.05, 4.69) is 20.5 Å². The summed E-state index contributed by atoms with van der Waals surface area (Å²) in [5, 5.41) is 9.38. The minimum absolute atomic E-state index is 0.122. The zero-order chi connectivity index (χ0) is 17.4. The lowest BCUT2D eigenvalue weighted by molar-refractivity contribution is -0.117. The minimum atomic E-state index is -0.675. The SMILES string of the molecule is O=C(Nc1cc(-c2cc(F)cc(F)c2)[nH]n1)[C@@H]1C[C@H]1c1ccccn1. The molecule has 1 aliphatic rings. The van der Waals surface area contributed by atoms with Gasteiger partial charge in [0.1, 0.15) is 11.6 Å². The average Bonchev–Trinajstić information content (AvgIpc) is 3.27. The van der Waals surface area contributed by atoms with E-state index in [9.17, 15) is 13.6 Å². The standard InChI is InChI=1S/C18H14F2N4O/c19-11-5-10(6-12(20)7-11)16-9-17(24-23-16)22-18(25)14-8-13(14)15-3-1-2-4-21-15/h1-7,9,13-14H,8H2,(H2,22,23,24,25)/t13-,14-/m1/s1. The van der Waals surface area contributed by atoms with Crippen LogP contribution in [0.1, 0.15) is 18.0 Å². The molecule has 1 fully saturated rings. The van der Waals surface area contributed by atoms with Gasteiger partial charge in [0, 0.05) is 41.4 Å². The molecule has 0 aliphatic heterocycles. The molecule has 1 amide bonds. The summed E-state index contributed by atoms with van der Waals surface area (Å²) >= 11 is 0. The Labute approximate surface area is 142 Å². The van der Waals surface area contributed by atoms with E-state index in [1.807, 2.05) is 18.2 Å². The normalized spacial score (nSPS) is 18.8. The smallest absolute Gasteiger partial charge is 0.229 e. The second-order valence-corrected chi connectivity index (χ2v) is 6.02. The van der Waals surface area contributed by atoms with Crippen LogP contribution in [0.2, 0.25) is 0 Å². The van der Waals surface area contributed by atoms with Crippen LogP contribution in [-0.2, 0) is 4.79 Å². The van der Waals surface area contributed by atoms with Crippen LogP contribution in [0.3, 0.4) is 0 Å². The molecule has 126 valence electrons. The highest BCUT2D eigenvalue weighted by Crippen LogP contribution is 2.47. The first-order valence-corrected chi connectivity index (χ1v) is 7.84. The third-order valence-electron chi connectivity index (χ3n) is 4.20. The van der Waals surface area contributed by atoms with Gasteiger partial charge in [-0.15, -0.1) is 0 Å². The van der Waals surface area contributed by atoms with Crippen LogP contribution in [0.5, 0.6) is 0 Å². The highest BCUT2D eigenvalue weighted by molar-refractivity contribution is 5.94. The van der Waals surface area contributed by atoms with Gasteiger partial charge in [0.2, 0.25) is 5.91 Å². The van der Waals surface area contributed by atoms with Crippen LogP contribution < -0.4 is 5.32 Å². The van der Waals surface area contributed by atoms with Crippen molar-refractivity contribution in [3.8, 4) is 11.3 Å². The van der Waals surface area contributed by atoms with Crippen LogP contribution >= 0.6 is 0 Å². The Morgan fingerprint density at radius 2 is 1.96 bits per heavy atom. The zero-order valence-electron chi connectivity index (χ0n) is 13.0. The summed E-state index contributed by atoms with van der Waals surface area (Å²) in [5.41, 5.74) is 1.65. The van der Waals surface area contributed by atoms with Gasteiger partial charge in [-0.05, 0) is 30.7 Å². The summed E-state index contributed by atoms with van der Waals surface area (Å²) in [4.78, 5) is 16.6. The van der Waals surface area contributed by atoms with Gasteiger partial charge in [0.25, 0.3) is 0 Å². The van der Waals surface area contributed by atoms with Crippen molar-refractivity contribution in [3.05, 3.63) is 66.0 Å². The number of carbonyl (C=O) groups excluding carboxylic acids is 1. The highest BCUT2D eigenvalue weighted by Gasteiger charge is 2.45. The maximum atomic E-state index is 13.3. The molecule has 0 radical (unpaired) electrons. The molecule has 2 atom stereocenters. The lowest BCUT2D eigenvalue weighted by Crippen LogP contribution is -2.14. The molecule has 3 aromatic rings. The second kappa shape index (κ2) is 6.08. The van der Waals surface area contributed by atoms with Gasteiger partial charge in [-0.3, -0.25) is 14.9 Å². The fourth-order valence-electron chi connectivity index (χ4n) is 2.87. The number of nitrogens with zero attached hydrogens (tertiary/aromatic N) is 2. The van der Waals surface area contributed by atoms with Gasteiger partial charge < -0.3 is 5.32 Å². The summed E-state index contributed by atoms with van der Waals surface area (Å²) in [6.45, 7) is 0. The van der Waals surface area contributed by atoms with Crippen LogP contribution in [-0.4, -0.2) is 21.1 Å². The van der Waals surface area contributed by atoms with Crippen molar-refractivity contribution in [1.29, 1.82) is 0 Å². The fraction of sp³-hybridized carbons (Fsp3) is 0.167. The third kappa shape index (κ3) is 3.26. The van der Waals surface area contributed by atoms with Crippen molar-refractivity contribution in [2.24, 2.45) is 5.92 Å². The van der Waals surface area contributed by atoms with Crippen LogP contribution in [0.25, 0.3) is 11.3 Å². The number of benzene rings is 1. The molecule has 4 rings (SSSR count). The van der Waals surface area contributed by atoms with Gasteiger partial charge in [-0.25, -0.2) is 8.78 Å². The maximum absolute atomic E-state index is 13.3. The van der Waals surface area contributed by atoms with E-state index in [-0.39, 0.29) is 17.7 Å². The monoisotopic (exact) mass is 340 g/mol. The van der Waals surface area contributed by atoms with Gasteiger partial charge in [-0.1, -0.05) is 6.07 Å². The third-order valence-corrected chi connectivity index (χ3v) is 4.20. The van der Waals surface area contributed by atoms with Gasteiger partial charge in [-0.2, -0.15) is 5.10 Å². The first kappa shape index (κ1) is 15.4. The molecule has 7 heteroatoms. The number of rotatable bonds is 4.